The fraction of sp³-hybridized carbons (Fsp3) is 0.500. The molecular formula is C14H16F3NO4S. The molecule has 1 aromatic rings. The molecule has 1 aromatic carbocycles. The largest absolute Gasteiger partial charge is 0.416 e. The Balaban J connectivity index is 2.18. The molecule has 1 aliphatic heterocycles. The van der Waals surface area contributed by atoms with Gasteiger partial charge in [0.1, 0.15) is 0 Å². The van der Waals surface area contributed by atoms with Crippen molar-refractivity contribution >= 4 is 21.7 Å². The standard InChI is InChI=1S/C14H16F3NO4S/c1-9(22-23(2,20)21)10-6-13(19)18(8-10)12-5-3-4-11(7-12)14(15,16)17/h3-5,7,9-10H,6,8H2,1-2H3. The second kappa shape index (κ2) is 6.12. The molecule has 128 valence electrons. The summed E-state index contributed by atoms with van der Waals surface area (Å²) in [6, 6.07) is 4.48. The number of anilines is 1. The first kappa shape index (κ1) is 17.7. The summed E-state index contributed by atoms with van der Waals surface area (Å²) in [7, 11) is -3.67. The van der Waals surface area contributed by atoms with Crippen molar-refractivity contribution in [2.45, 2.75) is 25.6 Å². The van der Waals surface area contributed by atoms with Crippen molar-refractivity contribution < 1.29 is 30.6 Å². The molecule has 9 heteroatoms. The molecule has 0 saturated carbocycles. The normalized spacial score (nSPS) is 20.8. The summed E-state index contributed by atoms with van der Waals surface area (Å²) in [5, 5.41) is 0. The van der Waals surface area contributed by atoms with E-state index in [-0.39, 0.29) is 24.6 Å². The number of halogens is 3. The molecule has 1 aliphatic rings. The lowest BCUT2D eigenvalue weighted by molar-refractivity contribution is -0.137. The van der Waals surface area contributed by atoms with E-state index in [2.05, 4.69) is 0 Å². The fourth-order valence-corrected chi connectivity index (χ4v) is 3.21. The van der Waals surface area contributed by atoms with Gasteiger partial charge in [-0.2, -0.15) is 21.6 Å². The number of nitrogens with zero attached hydrogens (tertiary/aromatic N) is 1. The number of benzene rings is 1. The van der Waals surface area contributed by atoms with Crippen LogP contribution in [-0.2, 0) is 25.3 Å². The van der Waals surface area contributed by atoms with Crippen LogP contribution in [0.3, 0.4) is 0 Å². The molecule has 2 unspecified atom stereocenters. The summed E-state index contributed by atoms with van der Waals surface area (Å²) in [6.45, 7) is 1.63. The molecule has 0 spiro atoms. The highest BCUT2D eigenvalue weighted by atomic mass is 32.2. The summed E-state index contributed by atoms with van der Waals surface area (Å²) in [5.41, 5.74) is -0.703. The van der Waals surface area contributed by atoms with Gasteiger partial charge >= 0.3 is 6.18 Å². The van der Waals surface area contributed by atoms with Crippen molar-refractivity contribution in [1.82, 2.24) is 0 Å². The van der Waals surface area contributed by atoms with E-state index in [0.29, 0.717) is 0 Å². The fourth-order valence-electron chi connectivity index (χ4n) is 2.50. The van der Waals surface area contributed by atoms with Crippen LogP contribution in [0.4, 0.5) is 18.9 Å². The molecule has 23 heavy (non-hydrogen) atoms. The van der Waals surface area contributed by atoms with E-state index in [9.17, 15) is 26.4 Å². The first-order valence-electron chi connectivity index (χ1n) is 6.83. The van der Waals surface area contributed by atoms with Gasteiger partial charge in [0.15, 0.2) is 0 Å². The molecule has 1 saturated heterocycles. The second-order valence-corrected chi connectivity index (χ2v) is 7.12. The van der Waals surface area contributed by atoms with Crippen LogP contribution in [0.25, 0.3) is 0 Å². The van der Waals surface area contributed by atoms with Crippen LogP contribution >= 0.6 is 0 Å². The highest BCUT2D eigenvalue weighted by molar-refractivity contribution is 7.86. The number of rotatable bonds is 4. The average molecular weight is 351 g/mol. The molecule has 1 fully saturated rings. The van der Waals surface area contributed by atoms with Crippen molar-refractivity contribution in [2.75, 3.05) is 17.7 Å². The van der Waals surface area contributed by atoms with Crippen LogP contribution in [0.5, 0.6) is 0 Å². The third-order valence-corrected chi connectivity index (χ3v) is 4.28. The highest BCUT2D eigenvalue weighted by Crippen LogP contribution is 2.34. The quantitative estimate of drug-likeness (QED) is 0.782. The van der Waals surface area contributed by atoms with Crippen LogP contribution in [-0.4, -0.2) is 33.2 Å². The summed E-state index contributed by atoms with van der Waals surface area (Å²) < 4.78 is 65.4. The lowest BCUT2D eigenvalue weighted by atomic mass is 10.0. The van der Waals surface area contributed by atoms with Crippen molar-refractivity contribution in [1.29, 1.82) is 0 Å². The summed E-state index contributed by atoms with van der Waals surface area (Å²) >= 11 is 0. The minimum atomic E-state index is -4.50. The Kier molecular flexibility index (Phi) is 4.72. The zero-order chi connectivity index (χ0) is 17.4. The van der Waals surface area contributed by atoms with Crippen LogP contribution in [0.1, 0.15) is 18.9 Å². The van der Waals surface area contributed by atoms with Crippen LogP contribution in [0.15, 0.2) is 24.3 Å². The van der Waals surface area contributed by atoms with E-state index in [0.717, 1.165) is 18.4 Å². The Labute approximate surface area is 132 Å². The molecule has 0 aliphatic carbocycles. The molecule has 0 N–H and O–H groups in total. The number of alkyl halides is 3. The third kappa shape index (κ3) is 4.44. The van der Waals surface area contributed by atoms with Gasteiger partial charge in [0, 0.05) is 24.6 Å². The molecule has 5 nitrogen and oxygen atoms in total. The van der Waals surface area contributed by atoms with Gasteiger partial charge in [0.2, 0.25) is 5.91 Å². The molecule has 2 rings (SSSR count). The van der Waals surface area contributed by atoms with Crippen molar-refractivity contribution in [2.24, 2.45) is 5.92 Å². The minimum absolute atomic E-state index is 0.0208. The predicted molar refractivity (Wildman–Crippen MR) is 77.3 cm³/mol. The van der Waals surface area contributed by atoms with E-state index in [1.165, 1.54) is 24.0 Å². The average Bonchev–Trinajstić information content (AvgIpc) is 2.78. The molecular weight excluding hydrogens is 335 g/mol. The van der Waals surface area contributed by atoms with Gasteiger partial charge in [-0.1, -0.05) is 6.07 Å². The monoisotopic (exact) mass is 351 g/mol. The topological polar surface area (TPSA) is 63.7 Å². The summed E-state index contributed by atoms with van der Waals surface area (Å²) in [5.74, 6) is -0.773. The molecule has 0 bridgehead atoms. The van der Waals surface area contributed by atoms with Crippen LogP contribution in [0, 0.1) is 5.92 Å². The first-order chi connectivity index (χ1) is 10.5. The molecule has 1 heterocycles. The van der Waals surface area contributed by atoms with E-state index in [4.69, 9.17) is 4.18 Å². The number of hydrogen-bond acceptors (Lipinski definition) is 4. The minimum Gasteiger partial charge on any atom is -0.312 e. The van der Waals surface area contributed by atoms with E-state index >= 15 is 0 Å². The molecule has 0 radical (unpaired) electrons. The number of amides is 1. The summed E-state index contributed by atoms with van der Waals surface area (Å²) in [6.07, 6.45) is -4.30. The first-order valence-corrected chi connectivity index (χ1v) is 8.65. The van der Waals surface area contributed by atoms with Gasteiger partial charge in [-0.3, -0.25) is 8.98 Å². The van der Waals surface area contributed by atoms with Crippen molar-refractivity contribution in [3.8, 4) is 0 Å². The van der Waals surface area contributed by atoms with Gasteiger partial charge in [-0.05, 0) is 25.1 Å². The second-order valence-electron chi connectivity index (χ2n) is 5.52. The Bertz CT molecular complexity index is 702. The Morgan fingerprint density at radius 3 is 2.57 bits per heavy atom. The van der Waals surface area contributed by atoms with E-state index in [1.807, 2.05) is 0 Å². The van der Waals surface area contributed by atoms with Crippen LogP contribution in [0.2, 0.25) is 0 Å². The number of carbonyl (C=O) groups is 1. The van der Waals surface area contributed by atoms with Crippen LogP contribution < -0.4 is 4.90 Å². The van der Waals surface area contributed by atoms with Crippen molar-refractivity contribution in [3.05, 3.63) is 29.8 Å². The molecule has 2 atom stereocenters. The van der Waals surface area contributed by atoms with Crippen molar-refractivity contribution in [3.63, 3.8) is 0 Å². The molecule has 0 aromatic heterocycles. The lowest BCUT2D eigenvalue weighted by Crippen LogP contribution is -2.28. The zero-order valence-electron chi connectivity index (χ0n) is 12.5. The predicted octanol–water partition coefficient (Wildman–Crippen LogP) is 2.42. The smallest absolute Gasteiger partial charge is 0.312 e. The van der Waals surface area contributed by atoms with E-state index in [1.54, 1.807) is 0 Å². The number of hydrogen-bond donors (Lipinski definition) is 0. The zero-order valence-corrected chi connectivity index (χ0v) is 13.3. The summed E-state index contributed by atoms with van der Waals surface area (Å²) in [4.78, 5) is 13.3. The van der Waals surface area contributed by atoms with E-state index < -0.39 is 33.9 Å². The maximum Gasteiger partial charge on any atom is 0.416 e. The number of carbonyl (C=O) groups excluding carboxylic acids is 1. The third-order valence-electron chi connectivity index (χ3n) is 3.63. The van der Waals surface area contributed by atoms with Gasteiger partial charge in [0.25, 0.3) is 10.1 Å². The SMILES string of the molecule is CC(OS(C)(=O)=O)C1CC(=O)N(c2cccc(C(F)(F)F)c2)C1. The van der Waals surface area contributed by atoms with Gasteiger partial charge in [0.05, 0.1) is 17.9 Å². The maximum absolute atomic E-state index is 12.8. The highest BCUT2D eigenvalue weighted by Gasteiger charge is 2.37. The van der Waals surface area contributed by atoms with Gasteiger partial charge < -0.3 is 4.90 Å². The maximum atomic E-state index is 12.8. The Morgan fingerprint density at radius 1 is 1.35 bits per heavy atom. The van der Waals surface area contributed by atoms with Gasteiger partial charge in [-0.25, -0.2) is 0 Å². The van der Waals surface area contributed by atoms with Gasteiger partial charge in [-0.15, -0.1) is 0 Å². The Hall–Kier alpha value is -1.61. The lowest BCUT2D eigenvalue weighted by Gasteiger charge is -2.20. The molecule has 1 amide bonds. The Morgan fingerprint density at radius 2 is 2.00 bits per heavy atom.